The van der Waals surface area contributed by atoms with Gasteiger partial charge in [0.05, 0.1) is 12.5 Å². The maximum atomic E-state index is 13.2. The summed E-state index contributed by atoms with van der Waals surface area (Å²) < 4.78 is 18.4. The Kier molecular flexibility index (Phi) is 5.16. The first-order chi connectivity index (χ1) is 12.4. The van der Waals surface area contributed by atoms with Gasteiger partial charge in [-0.2, -0.15) is 0 Å². The number of carbonyl (C=O) groups is 1. The molecule has 138 valence electrons. The number of amides is 1. The first-order valence-corrected chi connectivity index (χ1v) is 8.86. The summed E-state index contributed by atoms with van der Waals surface area (Å²) in [7, 11) is 1.66. The average molecular weight is 356 g/mol. The lowest BCUT2D eigenvalue weighted by molar-refractivity contribution is -0.136. The van der Waals surface area contributed by atoms with Gasteiger partial charge in [0.2, 0.25) is 5.91 Å². The Morgan fingerprint density at radius 2 is 1.54 bits per heavy atom. The van der Waals surface area contributed by atoms with Gasteiger partial charge in [0.1, 0.15) is 11.6 Å². The highest BCUT2D eigenvalue weighted by molar-refractivity contribution is 5.87. The molecule has 0 atom stereocenters. The van der Waals surface area contributed by atoms with Crippen molar-refractivity contribution in [3.05, 3.63) is 59.9 Å². The van der Waals surface area contributed by atoms with E-state index in [1.165, 1.54) is 12.1 Å². The van der Waals surface area contributed by atoms with E-state index in [2.05, 4.69) is 4.90 Å². The van der Waals surface area contributed by atoms with Crippen LogP contribution < -0.4 is 9.64 Å². The quantitative estimate of drug-likeness (QED) is 0.841. The number of piperazine rings is 1. The second-order valence-electron chi connectivity index (χ2n) is 7.11. The van der Waals surface area contributed by atoms with E-state index in [-0.39, 0.29) is 11.7 Å². The molecule has 0 unspecified atom stereocenters. The van der Waals surface area contributed by atoms with Gasteiger partial charge in [0.25, 0.3) is 0 Å². The Labute approximate surface area is 154 Å². The summed E-state index contributed by atoms with van der Waals surface area (Å²) in [6.07, 6.45) is 0. The van der Waals surface area contributed by atoms with Crippen molar-refractivity contribution in [1.29, 1.82) is 0 Å². The van der Waals surface area contributed by atoms with E-state index in [0.29, 0.717) is 13.1 Å². The molecule has 1 aliphatic heterocycles. The molecule has 0 saturated carbocycles. The minimum atomic E-state index is -0.671. The molecule has 0 bridgehead atoms. The molecule has 1 amide bonds. The van der Waals surface area contributed by atoms with Crippen LogP contribution in [0.2, 0.25) is 0 Å². The number of benzene rings is 2. The molecule has 0 spiro atoms. The second kappa shape index (κ2) is 7.36. The van der Waals surface area contributed by atoms with Crippen molar-refractivity contribution in [2.75, 3.05) is 38.2 Å². The summed E-state index contributed by atoms with van der Waals surface area (Å²) in [6, 6.07) is 14.2. The molecule has 2 aromatic carbocycles. The Bertz CT molecular complexity index is 749. The number of nitrogens with zero attached hydrogens (tertiary/aromatic N) is 2. The van der Waals surface area contributed by atoms with E-state index in [0.717, 1.165) is 30.1 Å². The smallest absolute Gasteiger partial charge is 0.232 e. The number of carbonyl (C=O) groups excluding carboxylic acids is 1. The average Bonchev–Trinajstić information content (AvgIpc) is 2.68. The van der Waals surface area contributed by atoms with Crippen LogP contribution in [0.3, 0.4) is 0 Å². The summed E-state index contributed by atoms with van der Waals surface area (Å²) in [6.45, 7) is 6.73. The fourth-order valence-electron chi connectivity index (χ4n) is 3.35. The highest BCUT2D eigenvalue weighted by Gasteiger charge is 2.35. The molecule has 2 aromatic rings. The third-order valence-corrected chi connectivity index (χ3v) is 5.11. The van der Waals surface area contributed by atoms with Crippen molar-refractivity contribution < 1.29 is 13.9 Å². The van der Waals surface area contributed by atoms with E-state index in [9.17, 15) is 9.18 Å². The number of halogens is 1. The van der Waals surface area contributed by atoms with Crippen LogP contribution >= 0.6 is 0 Å². The minimum absolute atomic E-state index is 0.0819. The lowest BCUT2D eigenvalue weighted by Crippen LogP contribution is -2.53. The van der Waals surface area contributed by atoms with Crippen molar-refractivity contribution >= 4 is 11.6 Å². The van der Waals surface area contributed by atoms with Gasteiger partial charge in [-0.05, 0) is 55.8 Å². The van der Waals surface area contributed by atoms with Gasteiger partial charge in [-0.15, -0.1) is 0 Å². The van der Waals surface area contributed by atoms with E-state index < -0.39 is 5.41 Å². The van der Waals surface area contributed by atoms with Gasteiger partial charge in [-0.25, -0.2) is 4.39 Å². The first-order valence-electron chi connectivity index (χ1n) is 8.86. The molecule has 4 nitrogen and oxygen atoms in total. The Hall–Kier alpha value is -2.56. The van der Waals surface area contributed by atoms with Gasteiger partial charge in [-0.3, -0.25) is 4.79 Å². The molecule has 1 heterocycles. The summed E-state index contributed by atoms with van der Waals surface area (Å²) in [4.78, 5) is 17.2. The Balaban J connectivity index is 1.64. The second-order valence-corrected chi connectivity index (χ2v) is 7.11. The SMILES string of the molecule is COc1ccc(N2CCN(C(=O)C(C)(C)c3ccc(F)cc3)CC2)cc1. The van der Waals surface area contributed by atoms with Gasteiger partial charge in [-0.1, -0.05) is 12.1 Å². The van der Waals surface area contributed by atoms with Crippen molar-refractivity contribution in [1.82, 2.24) is 4.90 Å². The van der Waals surface area contributed by atoms with E-state index >= 15 is 0 Å². The molecular formula is C21H25FN2O2. The van der Waals surface area contributed by atoms with Crippen molar-refractivity contribution in [3.63, 3.8) is 0 Å². The maximum absolute atomic E-state index is 13.2. The molecule has 3 rings (SSSR count). The first kappa shape index (κ1) is 18.2. The lowest BCUT2D eigenvalue weighted by Gasteiger charge is -2.39. The Morgan fingerprint density at radius 3 is 2.08 bits per heavy atom. The van der Waals surface area contributed by atoms with Crippen LogP contribution in [-0.2, 0) is 10.2 Å². The summed E-state index contributed by atoms with van der Waals surface area (Å²) in [5.74, 6) is 0.632. The third-order valence-electron chi connectivity index (χ3n) is 5.11. The van der Waals surface area contributed by atoms with Gasteiger partial charge >= 0.3 is 0 Å². The third kappa shape index (κ3) is 3.66. The van der Waals surface area contributed by atoms with Crippen LogP contribution in [0.15, 0.2) is 48.5 Å². The largest absolute Gasteiger partial charge is 0.497 e. The number of hydrogen-bond donors (Lipinski definition) is 0. The van der Waals surface area contributed by atoms with Crippen molar-refractivity contribution in [2.45, 2.75) is 19.3 Å². The number of methoxy groups -OCH3 is 1. The van der Waals surface area contributed by atoms with Crippen LogP contribution in [0.4, 0.5) is 10.1 Å². The van der Waals surface area contributed by atoms with E-state index in [4.69, 9.17) is 4.74 Å². The zero-order valence-corrected chi connectivity index (χ0v) is 15.5. The number of anilines is 1. The predicted molar refractivity (Wildman–Crippen MR) is 101 cm³/mol. The molecule has 0 radical (unpaired) electrons. The lowest BCUT2D eigenvalue weighted by atomic mass is 9.83. The zero-order valence-electron chi connectivity index (χ0n) is 15.5. The highest BCUT2D eigenvalue weighted by Crippen LogP contribution is 2.27. The zero-order chi connectivity index (χ0) is 18.7. The number of rotatable bonds is 4. The van der Waals surface area contributed by atoms with Crippen LogP contribution in [-0.4, -0.2) is 44.1 Å². The Morgan fingerprint density at radius 1 is 0.962 bits per heavy atom. The van der Waals surface area contributed by atoms with Crippen molar-refractivity contribution in [3.8, 4) is 5.75 Å². The predicted octanol–water partition coefficient (Wildman–Crippen LogP) is 3.46. The molecule has 1 aliphatic rings. The number of ether oxygens (including phenoxy) is 1. The van der Waals surface area contributed by atoms with Gasteiger partial charge < -0.3 is 14.5 Å². The van der Waals surface area contributed by atoms with E-state index in [1.54, 1.807) is 19.2 Å². The molecule has 1 fully saturated rings. The van der Waals surface area contributed by atoms with Crippen LogP contribution in [0.5, 0.6) is 5.75 Å². The molecule has 0 aromatic heterocycles. The summed E-state index contributed by atoms with van der Waals surface area (Å²) >= 11 is 0. The van der Waals surface area contributed by atoms with Gasteiger partial charge in [0.15, 0.2) is 0 Å². The standard InChI is InChI=1S/C21H25FN2O2/c1-21(2,16-4-6-17(22)7-5-16)20(25)24-14-12-23(13-15-24)18-8-10-19(26-3)11-9-18/h4-11H,12-15H2,1-3H3. The maximum Gasteiger partial charge on any atom is 0.232 e. The topological polar surface area (TPSA) is 32.8 Å². The normalized spacial score (nSPS) is 15.1. The van der Waals surface area contributed by atoms with Crippen LogP contribution in [0.25, 0.3) is 0 Å². The fourth-order valence-corrected chi connectivity index (χ4v) is 3.35. The molecule has 0 N–H and O–H groups in total. The molecular weight excluding hydrogens is 331 g/mol. The molecule has 26 heavy (non-hydrogen) atoms. The highest BCUT2D eigenvalue weighted by atomic mass is 19.1. The summed E-state index contributed by atoms with van der Waals surface area (Å²) in [5.41, 5.74) is 1.30. The number of hydrogen-bond acceptors (Lipinski definition) is 3. The van der Waals surface area contributed by atoms with Gasteiger partial charge in [0, 0.05) is 31.9 Å². The minimum Gasteiger partial charge on any atom is -0.497 e. The summed E-state index contributed by atoms with van der Waals surface area (Å²) in [5, 5.41) is 0. The van der Waals surface area contributed by atoms with Crippen LogP contribution in [0.1, 0.15) is 19.4 Å². The fraction of sp³-hybridized carbons (Fsp3) is 0.381. The molecule has 1 saturated heterocycles. The monoisotopic (exact) mass is 356 g/mol. The molecule has 0 aliphatic carbocycles. The van der Waals surface area contributed by atoms with Crippen molar-refractivity contribution in [2.24, 2.45) is 0 Å². The van der Waals surface area contributed by atoms with Crippen LogP contribution in [0, 0.1) is 5.82 Å². The van der Waals surface area contributed by atoms with E-state index in [1.807, 2.05) is 43.0 Å². The molecule has 5 heteroatoms.